The van der Waals surface area contributed by atoms with Crippen LogP contribution in [0.1, 0.15) is 44.1 Å². The van der Waals surface area contributed by atoms with E-state index in [1.54, 1.807) is 17.0 Å². The highest BCUT2D eigenvalue weighted by molar-refractivity contribution is 5.88. The molecule has 1 aromatic carbocycles. The van der Waals surface area contributed by atoms with Crippen molar-refractivity contribution in [1.29, 1.82) is 0 Å². The number of nitrogens with zero attached hydrogens (tertiary/aromatic N) is 4. The molecule has 1 unspecified atom stereocenters. The highest BCUT2D eigenvalue weighted by Gasteiger charge is 2.51. The van der Waals surface area contributed by atoms with E-state index >= 15 is 0 Å². The van der Waals surface area contributed by atoms with Crippen molar-refractivity contribution in [3.63, 3.8) is 0 Å². The number of benzene rings is 1. The van der Waals surface area contributed by atoms with Gasteiger partial charge >= 0.3 is 6.18 Å². The zero-order chi connectivity index (χ0) is 26.6. The van der Waals surface area contributed by atoms with Crippen molar-refractivity contribution in [2.75, 3.05) is 40.8 Å². The fourth-order valence-corrected chi connectivity index (χ4v) is 6.12. The van der Waals surface area contributed by atoms with E-state index in [0.29, 0.717) is 31.6 Å². The van der Waals surface area contributed by atoms with Gasteiger partial charge in [0.25, 0.3) is 0 Å². The van der Waals surface area contributed by atoms with Gasteiger partial charge in [0.2, 0.25) is 5.88 Å². The smallest absolute Gasteiger partial charge is 0.422 e. The number of aliphatic hydroxyl groups excluding tert-OH is 1. The second-order valence-electron chi connectivity index (χ2n) is 11.1. The number of aliphatic hydroxyl groups is 1. The molecule has 0 amide bonds. The molecule has 4 aliphatic rings. The molecule has 37 heavy (non-hydrogen) atoms. The number of hydrogen-bond acceptors (Lipinski definition) is 7. The zero-order valence-corrected chi connectivity index (χ0v) is 21.5. The number of likely N-dealkylation sites (N-methyl/N-ethyl adjacent to an activating group) is 1. The summed E-state index contributed by atoms with van der Waals surface area (Å²) in [6.07, 6.45) is -0.778. The summed E-state index contributed by atoms with van der Waals surface area (Å²) in [6, 6.07) is 6.70. The Morgan fingerprint density at radius 3 is 2.49 bits per heavy atom. The maximum atomic E-state index is 14.1. The van der Waals surface area contributed by atoms with E-state index in [-0.39, 0.29) is 23.2 Å². The fraction of sp³-hybridized carbons (Fsp3) is 0.654. The molecule has 2 N–H and O–H groups in total. The number of alkyl halides is 3. The lowest BCUT2D eigenvalue weighted by Crippen LogP contribution is -2.54. The molecule has 0 radical (unpaired) electrons. The van der Waals surface area contributed by atoms with Gasteiger partial charge in [-0.25, -0.2) is 4.39 Å². The fourth-order valence-electron chi connectivity index (χ4n) is 6.12. The number of nitrogens with one attached hydrogen (secondary N) is 1. The molecular weight excluding hydrogens is 490 g/mol. The third-order valence-corrected chi connectivity index (χ3v) is 8.36. The van der Waals surface area contributed by atoms with Crippen LogP contribution in [0.25, 0.3) is 0 Å². The number of halogens is 4. The monoisotopic (exact) mass is 525 g/mol. The van der Waals surface area contributed by atoms with Gasteiger partial charge in [-0.2, -0.15) is 18.2 Å². The van der Waals surface area contributed by atoms with Crippen LogP contribution in [0.3, 0.4) is 0 Å². The first-order valence-electron chi connectivity index (χ1n) is 12.8. The predicted octanol–water partition coefficient (Wildman–Crippen LogP) is 3.58. The van der Waals surface area contributed by atoms with Gasteiger partial charge in [0, 0.05) is 30.6 Å². The highest BCUT2D eigenvalue weighted by Crippen LogP contribution is 2.47. The lowest BCUT2D eigenvalue weighted by atomic mass is 9.69. The van der Waals surface area contributed by atoms with Gasteiger partial charge in [0.1, 0.15) is 11.7 Å². The Morgan fingerprint density at radius 2 is 1.89 bits per heavy atom. The number of ether oxygens (including phenoxy) is 1. The summed E-state index contributed by atoms with van der Waals surface area (Å²) < 4.78 is 58.3. The average molecular weight is 526 g/mol. The van der Waals surface area contributed by atoms with Gasteiger partial charge in [-0.05, 0) is 70.3 Å². The Balaban J connectivity index is 1.39. The summed E-state index contributed by atoms with van der Waals surface area (Å²) in [4.78, 5) is 10.3. The van der Waals surface area contributed by atoms with Gasteiger partial charge in [0.05, 0.1) is 12.2 Å². The molecule has 1 atom stereocenters. The quantitative estimate of drug-likeness (QED) is 0.554. The Bertz CT molecular complexity index is 1080. The van der Waals surface area contributed by atoms with Crippen LogP contribution >= 0.6 is 0 Å². The third-order valence-electron chi connectivity index (χ3n) is 8.36. The van der Waals surface area contributed by atoms with Crippen LogP contribution < -0.4 is 5.32 Å². The first kappa shape index (κ1) is 26.2. The van der Waals surface area contributed by atoms with Crippen LogP contribution in [0.15, 0.2) is 40.8 Å². The number of rotatable bonds is 6. The normalized spacial score (nSPS) is 30.9. The Hall–Kier alpha value is -2.37. The maximum Gasteiger partial charge on any atom is 0.422 e. The molecule has 7 nitrogen and oxygen atoms in total. The summed E-state index contributed by atoms with van der Waals surface area (Å²) in [5.41, 5.74) is 0.585. The molecule has 2 heterocycles. The Morgan fingerprint density at radius 1 is 1.19 bits per heavy atom. The second kappa shape index (κ2) is 9.43. The molecule has 2 aliphatic carbocycles. The molecule has 2 aliphatic heterocycles. The van der Waals surface area contributed by atoms with E-state index in [2.05, 4.69) is 15.2 Å². The average Bonchev–Trinajstić information content (AvgIpc) is 3.62. The number of hydrogen-bond donors (Lipinski definition) is 2. The van der Waals surface area contributed by atoms with Crippen molar-refractivity contribution >= 4 is 5.84 Å². The minimum Gasteiger partial charge on any atom is -0.467 e. The van der Waals surface area contributed by atoms with Crippen LogP contribution in [-0.2, 0) is 10.3 Å². The van der Waals surface area contributed by atoms with E-state index < -0.39 is 24.7 Å². The molecule has 2 saturated carbocycles. The Labute approximate surface area is 214 Å². The molecule has 3 fully saturated rings. The van der Waals surface area contributed by atoms with Gasteiger partial charge in [0.15, 0.2) is 13.0 Å². The van der Waals surface area contributed by atoms with Crippen LogP contribution in [0.4, 0.5) is 17.6 Å². The first-order valence-corrected chi connectivity index (χ1v) is 12.8. The van der Waals surface area contributed by atoms with Crippen molar-refractivity contribution in [1.82, 2.24) is 20.0 Å². The lowest BCUT2D eigenvalue weighted by Gasteiger charge is -2.49. The molecular formula is C26H35F4N5O2. The standard InChI is InChI=1S/C26H35F4N5O2/c1-33(2)25(18-5-4-6-19(27)13-18)11-9-24(10-12-25)15-35(23(36)32-24)20-14-34(3)21(17-7-8-17)31-22(20)37-16-26(28,29)30/h4-6,13,17,23,32,36H,7-12,14-16H2,1-3H3. The second-order valence-corrected chi connectivity index (χ2v) is 11.1. The number of amidine groups is 1. The van der Waals surface area contributed by atoms with Crippen molar-refractivity contribution < 1.29 is 27.4 Å². The summed E-state index contributed by atoms with van der Waals surface area (Å²) in [7, 11) is 5.86. The van der Waals surface area contributed by atoms with Crippen LogP contribution in [0.2, 0.25) is 0 Å². The zero-order valence-electron chi connectivity index (χ0n) is 21.5. The minimum atomic E-state index is -4.49. The number of aliphatic imine (C=N–C) groups is 1. The first-order chi connectivity index (χ1) is 17.4. The Kier molecular flexibility index (Phi) is 6.69. The summed E-state index contributed by atoms with van der Waals surface area (Å²) in [5.74, 6) is 0.643. The van der Waals surface area contributed by atoms with Gasteiger partial charge in [-0.15, -0.1) is 0 Å². The summed E-state index contributed by atoms with van der Waals surface area (Å²) >= 11 is 0. The molecule has 0 aromatic heterocycles. The summed E-state index contributed by atoms with van der Waals surface area (Å²) in [6.45, 7) is -0.710. The third kappa shape index (κ3) is 5.18. The van der Waals surface area contributed by atoms with Crippen LogP contribution in [0, 0.1) is 11.7 Å². The largest absolute Gasteiger partial charge is 0.467 e. The van der Waals surface area contributed by atoms with Crippen molar-refractivity contribution in [3.05, 3.63) is 47.2 Å². The SMILES string of the molecule is CN1CC(N2CC3(CCC(c4cccc(F)c4)(N(C)C)CC3)NC2O)=C(OCC(F)(F)F)N=C1C1CC1. The van der Waals surface area contributed by atoms with Crippen LogP contribution in [-0.4, -0.2) is 84.5 Å². The predicted molar refractivity (Wildman–Crippen MR) is 131 cm³/mol. The van der Waals surface area contributed by atoms with Crippen molar-refractivity contribution in [2.24, 2.45) is 10.9 Å². The molecule has 204 valence electrons. The van der Waals surface area contributed by atoms with E-state index in [4.69, 9.17) is 4.74 Å². The minimum absolute atomic E-state index is 0.0616. The molecule has 11 heteroatoms. The molecule has 1 saturated heterocycles. The topological polar surface area (TPSA) is 63.6 Å². The molecule has 1 spiro atoms. The molecule has 0 bridgehead atoms. The molecule has 1 aromatic rings. The lowest BCUT2D eigenvalue weighted by molar-refractivity contribution is -0.165. The van der Waals surface area contributed by atoms with Crippen molar-refractivity contribution in [3.8, 4) is 0 Å². The van der Waals surface area contributed by atoms with E-state index in [9.17, 15) is 22.7 Å². The van der Waals surface area contributed by atoms with Gasteiger partial charge in [-0.1, -0.05) is 12.1 Å². The van der Waals surface area contributed by atoms with Gasteiger partial charge < -0.3 is 19.6 Å². The molecule has 5 rings (SSSR count). The summed E-state index contributed by atoms with van der Waals surface area (Å²) in [5, 5.41) is 14.4. The van der Waals surface area contributed by atoms with Crippen molar-refractivity contribution in [2.45, 2.75) is 62.1 Å². The highest BCUT2D eigenvalue weighted by atomic mass is 19.4. The van der Waals surface area contributed by atoms with E-state index in [0.717, 1.165) is 37.1 Å². The van der Waals surface area contributed by atoms with E-state index in [1.165, 1.54) is 6.07 Å². The van der Waals surface area contributed by atoms with Crippen LogP contribution in [0.5, 0.6) is 0 Å². The van der Waals surface area contributed by atoms with Gasteiger partial charge in [-0.3, -0.25) is 10.2 Å². The van der Waals surface area contributed by atoms with E-state index in [1.807, 2.05) is 32.1 Å². The maximum absolute atomic E-state index is 14.1.